The predicted octanol–water partition coefficient (Wildman–Crippen LogP) is -0.403. The summed E-state index contributed by atoms with van der Waals surface area (Å²) in [5.74, 6) is 0.186. The number of nitrogens with one attached hydrogen (secondary N) is 1. The fourth-order valence-corrected chi connectivity index (χ4v) is 1.71. The van der Waals surface area contributed by atoms with Crippen LogP contribution in [0, 0.1) is 0 Å². The van der Waals surface area contributed by atoms with Crippen molar-refractivity contribution in [3.63, 3.8) is 0 Å². The molecule has 18 heavy (non-hydrogen) atoms. The number of morpholine rings is 1. The number of nitrogens with two attached hydrogens (primary N) is 1. The number of carbonyl (C=O) groups excluding carboxylic acids is 2. The van der Waals surface area contributed by atoms with Gasteiger partial charge in [0.1, 0.15) is 12.4 Å². The fourth-order valence-electron chi connectivity index (χ4n) is 1.71. The van der Waals surface area contributed by atoms with Crippen LogP contribution >= 0.6 is 0 Å². The minimum Gasteiger partial charge on any atom is -0.410 e. The number of hydrogen-bond acceptors (Lipinski definition) is 5. The van der Waals surface area contributed by atoms with E-state index < -0.39 is 6.09 Å². The molecule has 1 aromatic heterocycles. The standard InChI is InChI=1S/C11H13N3O4/c12-11(16)18-9-1-2-13-7(4-9)3-8-5-17-6-10(15)14-8/h1-2,4,8H,3,5-6H2,(H2,12,16)(H,14,15)/t8-/m0/s1. The Morgan fingerprint density at radius 1 is 1.67 bits per heavy atom. The molecule has 96 valence electrons. The van der Waals surface area contributed by atoms with Gasteiger partial charge in [0.05, 0.1) is 12.6 Å². The maximum atomic E-state index is 11.1. The number of rotatable bonds is 3. The summed E-state index contributed by atoms with van der Waals surface area (Å²) in [6, 6.07) is 3.01. The van der Waals surface area contributed by atoms with Crippen LogP contribution in [0.25, 0.3) is 0 Å². The van der Waals surface area contributed by atoms with E-state index in [9.17, 15) is 9.59 Å². The first-order valence-corrected chi connectivity index (χ1v) is 5.43. The Morgan fingerprint density at radius 2 is 2.50 bits per heavy atom. The number of nitrogens with zero attached hydrogens (tertiary/aromatic N) is 1. The average molecular weight is 251 g/mol. The topological polar surface area (TPSA) is 104 Å². The molecule has 3 N–H and O–H groups in total. The maximum Gasteiger partial charge on any atom is 0.409 e. The van der Waals surface area contributed by atoms with Crippen molar-refractivity contribution < 1.29 is 19.1 Å². The molecule has 0 aliphatic carbocycles. The molecule has 0 unspecified atom stereocenters. The molecule has 0 spiro atoms. The number of carbonyl (C=O) groups is 2. The Morgan fingerprint density at radius 3 is 3.22 bits per heavy atom. The summed E-state index contributed by atoms with van der Waals surface area (Å²) in [4.78, 5) is 25.9. The predicted molar refractivity (Wildman–Crippen MR) is 60.9 cm³/mol. The molecule has 1 fully saturated rings. The first-order chi connectivity index (χ1) is 8.63. The third-order valence-corrected chi connectivity index (χ3v) is 2.38. The van der Waals surface area contributed by atoms with Gasteiger partial charge in [-0.1, -0.05) is 0 Å². The van der Waals surface area contributed by atoms with Gasteiger partial charge in [-0.2, -0.15) is 0 Å². The fraction of sp³-hybridized carbons (Fsp3) is 0.364. The van der Waals surface area contributed by atoms with Gasteiger partial charge in [0.15, 0.2) is 0 Å². The second kappa shape index (κ2) is 5.46. The highest BCUT2D eigenvalue weighted by Crippen LogP contribution is 2.13. The van der Waals surface area contributed by atoms with Gasteiger partial charge in [-0.15, -0.1) is 0 Å². The molecule has 1 aromatic rings. The zero-order chi connectivity index (χ0) is 13.0. The minimum absolute atomic E-state index is 0.0920. The lowest BCUT2D eigenvalue weighted by atomic mass is 10.1. The van der Waals surface area contributed by atoms with E-state index in [1.807, 2.05) is 0 Å². The average Bonchev–Trinajstić information content (AvgIpc) is 2.28. The lowest BCUT2D eigenvalue weighted by Gasteiger charge is -2.23. The van der Waals surface area contributed by atoms with Crippen LogP contribution in [0.4, 0.5) is 4.79 Å². The summed E-state index contributed by atoms with van der Waals surface area (Å²) < 4.78 is 9.86. The summed E-state index contributed by atoms with van der Waals surface area (Å²) in [5.41, 5.74) is 5.60. The minimum atomic E-state index is -0.874. The molecule has 1 saturated heterocycles. The van der Waals surface area contributed by atoms with Gasteiger partial charge in [0.2, 0.25) is 5.91 Å². The van der Waals surface area contributed by atoms with E-state index in [0.29, 0.717) is 24.5 Å². The van der Waals surface area contributed by atoms with Gasteiger partial charge < -0.3 is 20.5 Å². The highest BCUT2D eigenvalue weighted by Gasteiger charge is 2.19. The van der Waals surface area contributed by atoms with Gasteiger partial charge in [0, 0.05) is 24.4 Å². The van der Waals surface area contributed by atoms with Crippen molar-refractivity contribution in [2.75, 3.05) is 13.2 Å². The van der Waals surface area contributed by atoms with E-state index >= 15 is 0 Å². The van der Waals surface area contributed by atoms with E-state index in [4.69, 9.17) is 15.2 Å². The molecule has 7 heteroatoms. The quantitative estimate of drug-likeness (QED) is 0.760. The molecule has 1 aliphatic heterocycles. The van der Waals surface area contributed by atoms with E-state index in [0.717, 1.165) is 0 Å². The van der Waals surface area contributed by atoms with Crippen molar-refractivity contribution in [2.24, 2.45) is 5.73 Å². The van der Waals surface area contributed by atoms with Gasteiger partial charge in [0.25, 0.3) is 0 Å². The van der Waals surface area contributed by atoms with Crippen molar-refractivity contribution in [1.82, 2.24) is 10.3 Å². The van der Waals surface area contributed by atoms with Gasteiger partial charge in [-0.25, -0.2) is 4.79 Å². The summed E-state index contributed by atoms with van der Waals surface area (Å²) >= 11 is 0. The van der Waals surface area contributed by atoms with Crippen molar-refractivity contribution in [2.45, 2.75) is 12.5 Å². The highest BCUT2D eigenvalue weighted by molar-refractivity contribution is 5.78. The summed E-state index contributed by atoms with van der Waals surface area (Å²) in [7, 11) is 0. The summed E-state index contributed by atoms with van der Waals surface area (Å²) in [5, 5.41) is 2.79. The first kappa shape index (κ1) is 12.3. The smallest absolute Gasteiger partial charge is 0.409 e. The molecule has 1 aliphatic rings. The number of aromatic nitrogens is 1. The largest absolute Gasteiger partial charge is 0.410 e. The molecule has 2 rings (SSSR count). The molecular formula is C11H13N3O4. The van der Waals surface area contributed by atoms with Crippen LogP contribution in [0.3, 0.4) is 0 Å². The Balaban J connectivity index is 2.00. The first-order valence-electron chi connectivity index (χ1n) is 5.43. The second-order valence-electron chi connectivity index (χ2n) is 3.89. The number of ether oxygens (including phenoxy) is 2. The van der Waals surface area contributed by atoms with Crippen molar-refractivity contribution >= 4 is 12.0 Å². The monoisotopic (exact) mass is 251 g/mol. The van der Waals surface area contributed by atoms with Crippen LogP contribution < -0.4 is 15.8 Å². The lowest BCUT2D eigenvalue weighted by molar-refractivity contribution is -0.131. The normalized spacial score (nSPS) is 19.1. The van der Waals surface area contributed by atoms with Crippen molar-refractivity contribution in [3.05, 3.63) is 24.0 Å². The Labute approximate surface area is 103 Å². The van der Waals surface area contributed by atoms with Crippen LogP contribution in [0.15, 0.2) is 18.3 Å². The zero-order valence-electron chi connectivity index (χ0n) is 9.59. The molecule has 0 bridgehead atoms. The van der Waals surface area contributed by atoms with E-state index in [1.54, 1.807) is 6.07 Å². The van der Waals surface area contributed by atoms with Crippen LogP contribution in [0.1, 0.15) is 5.69 Å². The van der Waals surface area contributed by atoms with Crippen LogP contribution in [0.2, 0.25) is 0 Å². The lowest BCUT2D eigenvalue weighted by Crippen LogP contribution is -2.46. The van der Waals surface area contributed by atoms with Crippen molar-refractivity contribution in [3.8, 4) is 5.75 Å². The van der Waals surface area contributed by atoms with Crippen LogP contribution in [-0.2, 0) is 16.0 Å². The van der Waals surface area contributed by atoms with Gasteiger partial charge in [-0.3, -0.25) is 9.78 Å². The molecule has 2 amide bonds. The molecular weight excluding hydrogens is 238 g/mol. The molecule has 0 radical (unpaired) electrons. The third-order valence-electron chi connectivity index (χ3n) is 2.38. The number of primary amides is 1. The van der Waals surface area contributed by atoms with Crippen molar-refractivity contribution in [1.29, 1.82) is 0 Å². The second-order valence-corrected chi connectivity index (χ2v) is 3.89. The van der Waals surface area contributed by atoms with Crippen LogP contribution in [0.5, 0.6) is 5.75 Å². The number of pyridine rings is 1. The van der Waals surface area contributed by atoms with E-state index in [2.05, 4.69) is 10.3 Å². The Hall–Kier alpha value is -2.15. The summed E-state index contributed by atoms with van der Waals surface area (Å²) in [6.45, 7) is 0.531. The Bertz CT molecular complexity index is 463. The van der Waals surface area contributed by atoms with E-state index in [1.165, 1.54) is 12.3 Å². The Kier molecular flexibility index (Phi) is 3.73. The van der Waals surface area contributed by atoms with Gasteiger partial charge >= 0.3 is 6.09 Å². The molecule has 0 saturated carbocycles. The third kappa shape index (κ3) is 3.42. The molecule has 0 aromatic carbocycles. The maximum absolute atomic E-state index is 11.1. The number of hydrogen-bond donors (Lipinski definition) is 2. The molecule has 7 nitrogen and oxygen atoms in total. The summed E-state index contributed by atoms with van der Waals surface area (Å²) in [6.07, 6.45) is 1.14. The highest BCUT2D eigenvalue weighted by atomic mass is 16.5. The number of amides is 2. The molecule has 1 atom stereocenters. The SMILES string of the molecule is NC(=O)Oc1ccnc(C[C@H]2COCC(=O)N2)c1. The molecule has 2 heterocycles. The van der Waals surface area contributed by atoms with E-state index in [-0.39, 0.29) is 18.6 Å². The van der Waals surface area contributed by atoms with Gasteiger partial charge in [-0.05, 0) is 6.07 Å². The zero-order valence-corrected chi connectivity index (χ0v) is 9.59. The van der Waals surface area contributed by atoms with Crippen LogP contribution in [-0.4, -0.2) is 36.2 Å².